The number of ether oxygens (including phenoxy) is 1. The zero-order valence-corrected chi connectivity index (χ0v) is 11.3. The van der Waals surface area contributed by atoms with Crippen LogP contribution in [0.15, 0.2) is 30.3 Å². The molecule has 1 N–H and O–H groups in total. The van der Waals surface area contributed by atoms with E-state index in [1.165, 1.54) is 0 Å². The smallest absolute Gasteiger partial charge is 0.338 e. The third-order valence-corrected chi connectivity index (χ3v) is 2.62. The summed E-state index contributed by atoms with van der Waals surface area (Å²) in [6, 6.07) is 9.66. The SMILES string of the molecule is CC(C)NCCCCCOC(=O)c1ccccc1. The molecular weight excluding hydrogens is 226 g/mol. The van der Waals surface area contributed by atoms with Crippen molar-refractivity contribution in [2.45, 2.75) is 39.2 Å². The number of benzene rings is 1. The summed E-state index contributed by atoms with van der Waals surface area (Å²) in [6.07, 6.45) is 3.14. The molecule has 3 heteroatoms. The molecule has 18 heavy (non-hydrogen) atoms. The summed E-state index contributed by atoms with van der Waals surface area (Å²) < 4.78 is 5.20. The van der Waals surface area contributed by atoms with Crippen molar-refractivity contribution in [2.24, 2.45) is 0 Å². The first-order valence-corrected chi connectivity index (χ1v) is 6.65. The van der Waals surface area contributed by atoms with E-state index in [1.54, 1.807) is 12.1 Å². The van der Waals surface area contributed by atoms with Gasteiger partial charge in [-0.2, -0.15) is 0 Å². The van der Waals surface area contributed by atoms with E-state index in [2.05, 4.69) is 19.2 Å². The van der Waals surface area contributed by atoms with Crippen molar-refractivity contribution in [3.8, 4) is 0 Å². The first kappa shape index (κ1) is 14.7. The van der Waals surface area contributed by atoms with Crippen molar-refractivity contribution in [1.29, 1.82) is 0 Å². The standard InChI is InChI=1S/C15H23NO2/c1-13(2)16-11-7-4-8-12-18-15(17)14-9-5-3-6-10-14/h3,5-6,9-10,13,16H,4,7-8,11-12H2,1-2H3. The molecule has 100 valence electrons. The Kier molecular flexibility index (Phi) is 7.11. The van der Waals surface area contributed by atoms with Crippen LogP contribution in [0.25, 0.3) is 0 Å². The van der Waals surface area contributed by atoms with Crippen molar-refractivity contribution >= 4 is 5.97 Å². The maximum Gasteiger partial charge on any atom is 0.338 e. The van der Waals surface area contributed by atoms with Crippen molar-refractivity contribution in [3.05, 3.63) is 35.9 Å². The normalized spacial score (nSPS) is 10.6. The molecule has 0 unspecified atom stereocenters. The van der Waals surface area contributed by atoms with E-state index < -0.39 is 0 Å². The highest BCUT2D eigenvalue weighted by Crippen LogP contribution is 2.02. The second-order valence-electron chi connectivity index (χ2n) is 4.67. The van der Waals surface area contributed by atoms with Crippen LogP contribution in [-0.2, 0) is 4.74 Å². The van der Waals surface area contributed by atoms with Crippen LogP contribution < -0.4 is 5.32 Å². The summed E-state index contributed by atoms with van der Waals surface area (Å²) >= 11 is 0. The van der Waals surface area contributed by atoms with Crippen LogP contribution in [0.4, 0.5) is 0 Å². The maximum atomic E-state index is 11.6. The molecule has 0 atom stereocenters. The zero-order valence-electron chi connectivity index (χ0n) is 11.3. The lowest BCUT2D eigenvalue weighted by molar-refractivity contribution is 0.0498. The summed E-state index contributed by atoms with van der Waals surface area (Å²) in [5, 5.41) is 3.36. The van der Waals surface area contributed by atoms with E-state index in [1.807, 2.05) is 18.2 Å². The van der Waals surface area contributed by atoms with Crippen molar-refractivity contribution in [1.82, 2.24) is 5.32 Å². The van der Waals surface area contributed by atoms with Crippen LogP contribution in [0.5, 0.6) is 0 Å². The van der Waals surface area contributed by atoms with Gasteiger partial charge in [0.25, 0.3) is 0 Å². The summed E-state index contributed by atoms with van der Waals surface area (Å²) in [6.45, 7) is 5.82. The summed E-state index contributed by atoms with van der Waals surface area (Å²) in [5.41, 5.74) is 0.624. The maximum absolute atomic E-state index is 11.6. The largest absolute Gasteiger partial charge is 0.462 e. The quantitative estimate of drug-likeness (QED) is 0.568. The number of hydrogen-bond donors (Lipinski definition) is 1. The molecule has 0 radical (unpaired) electrons. The third kappa shape index (κ3) is 6.40. The highest BCUT2D eigenvalue weighted by molar-refractivity contribution is 5.89. The second kappa shape index (κ2) is 8.70. The first-order chi connectivity index (χ1) is 8.70. The molecule has 1 rings (SSSR count). The van der Waals surface area contributed by atoms with Gasteiger partial charge >= 0.3 is 5.97 Å². The molecule has 1 aromatic carbocycles. The van der Waals surface area contributed by atoms with Crippen molar-refractivity contribution in [3.63, 3.8) is 0 Å². The van der Waals surface area contributed by atoms with Crippen LogP contribution in [0, 0.1) is 0 Å². The first-order valence-electron chi connectivity index (χ1n) is 6.65. The molecule has 3 nitrogen and oxygen atoms in total. The number of rotatable bonds is 8. The zero-order chi connectivity index (χ0) is 13.2. The van der Waals surface area contributed by atoms with Gasteiger partial charge in [-0.25, -0.2) is 4.79 Å². The Morgan fingerprint density at radius 3 is 2.56 bits per heavy atom. The fourth-order valence-corrected chi connectivity index (χ4v) is 1.62. The number of carbonyl (C=O) groups is 1. The van der Waals surface area contributed by atoms with Crippen LogP contribution in [0.3, 0.4) is 0 Å². The number of carbonyl (C=O) groups excluding carboxylic acids is 1. The van der Waals surface area contributed by atoms with Gasteiger partial charge in [-0.05, 0) is 37.9 Å². The van der Waals surface area contributed by atoms with Gasteiger partial charge < -0.3 is 10.1 Å². The van der Waals surface area contributed by atoms with Gasteiger partial charge in [0.2, 0.25) is 0 Å². The fraction of sp³-hybridized carbons (Fsp3) is 0.533. The minimum Gasteiger partial charge on any atom is -0.462 e. The van der Waals surface area contributed by atoms with E-state index in [-0.39, 0.29) is 5.97 Å². The van der Waals surface area contributed by atoms with E-state index in [0.717, 1.165) is 25.8 Å². The minimum atomic E-state index is -0.226. The Morgan fingerprint density at radius 1 is 1.17 bits per heavy atom. The predicted octanol–water partition coefficient (Wildman–Crippen LogP) is 3.01. The number of esters is 1. The number of unbranched alkanes of at least 4 members (excludes halogenated alkanes) is 2. The Balaban J connectivity index is 2.03. The Morgan fingerprint density at radius 2 is 1.89 bits per heavy atom. The van der Waals surface area contributed by atoms with Gasteiger partial charge in [-0.3, -0.25) is 0 Å². The lowest BCUT2D eigenvalue weighted by Gasteiger charge is -2.07. The monoisotopic (exact) mass is 249 g/mol. The van der Waals surface area contributed by atoms with Gasteiger partial charge in [0.1, 0.15) is 0 Å². The van der Waals surface area contributed by atoms with Crippen molar-refractivity contribution < 1.29 is 9.53 Å². The molecule has 0 saturated heterocycles. The molecule has 0 bridgehead atoms. The molecule has 0 aliphatic carbocycles. The van der Waals surface area contributed by atoms with E-state index in [0.29, 0.717) is 18.2 Å². The molecular formula is C15H23NO2. The average Bonchev–Trinajstić information content (AvgIpc) is 2.38. The van der Waals surface area contributed by atoms with Crippen LogP contribution in [0.2, 0.25) is 0 Å². The Bertz CT molecular complexity index is 336. The highest BCUT2D eigenvalue weighted by atomic mass is 16.5. The third-order valence-electron chi connectivity index (χ3n) is 2.62. The van der Waals surface area contributed by atoms with Crippen LogP contribution in [0.1, 0.15) is 43.5 Å². The topological polar surface area (TPSA) is 38.3 Å². The highest BCUT2D eigenvalue weighted by Gasteiger charge is 2.04. The van der Waals surface area contributed by atoms with Gasteiger partial charge in [0.15, 0.2) is 0 Å². The lowest BCUT2D eigenvalue weighted by atomic mass is 10.2. The average molecular weight is 249 g/mol. The molecule has 1 aromatic rings. The van der Waals surface area contributed by atoms with Gasteiger partial charge in [0.05, 0.1) is 12.2 Å². The lowest BCUT2D eigenvalue weighted by Crippen LogP contribution is -2.23. The van der Waals surface area contributed by atoms with Crippen molar-refractivity contribution in [2.75, 3.05) is 13.2 Å². The molecule has 0 aromatic heterocycles. The molecule has 0 aliphatic heterocycles. The molecule has 0 spiro atoms. The molecule has 0 saturated carbocycles. The number of nitrogens with one attached hydrogen (secondary N) is 1. The Labute approximate surface area is 110 Å². The van der Waals surface area contributed by atoms with Gasteiger partial charge in [0, 0.05) is 6.04 Å². The molecule has 0 amide bonds. The minimum absolute atomic E-state index is 0.226. The van der Waals surface area contributed by atoms with Gasteiger partial charge in [-0.15, -0.1) is 0 Å². The summed E-state index contributed by atoms with van der Waals surface area (Å²) in [4.78, 5) is 11.6. The fourth-order valence-electron chi connectivity index (χ4n) is 1.62. The predicted molar refractivity (Wildman–Crippen MR) is 73.7 cm³/mol. The van der Waals surface area contributed by atoms with E-state index in [9.17, 15) is 4.79 Å². The molecule has 0 heterocycles. The van der Waals surface area contributed by atoms with E-state index in [4.69, 9.17) is 4.74 Å². The van der Waals surface area contributed by atoms with Crippen LogP contribution in [-0.4, -0.2) is 25.2 Å². The summed E-state index contributed by atoms with van der Waals surface area (Å²) in [5.74, 6) is -0.226. The summed E-state index contributed by atoms with van der Waals surface area (Å²) in [7, 11) is 0. The molecule has 0 aliphatic rings. The Hall–Kier alpha value is -1.35. The molecule has 0 fully saturated rings. The number of hydrogen-bond acceptors (Lipinski definition) is 3. The van der Waals surface area contributed by atoms with Gasteiger partial charge in [-0.1, -0.05) is 32.0 Å². The van der Waals surface area contributed by atoms with E-state index >= 15 is 0 Å². The second-order valence-corrected chi connectivity index (χ2v) is 4.67. The van der Waals surface area contributed by atoms with Crippen LogP contribution >= 0.6 is 0 Å².